The molecule has 0 bridgehead atoms. The maximum Gasteiger partial charge on any atom is 0.101 e. The molecule has 0 aromatic carbocycles. The van der Waals surface area contributed by atoms with Gasteiger partial charge in [0.15, 0.2) is 0 Å². The van der Waals surface area contributed by atoms with Gasteiger partial charge in [-0.05, 0) is 0 Å². The van der Waals surface area contributed by atoms with Crippen molar-refractivity contribution in [3.05, 3.63) is 0 Å². The summed E-state index contributed by atoms with van der Waals surface area (Å²) in [4.78, 5) is 0. The molecule has 0 unspecified atom stereocenters. The summed E-state index contributed by atoms with van der Waals surface area (Å²) in [6.07, 6.45) is 0. The lowest BCUT2D eigenvalue weighted by atomic mass is 10.6. The number of hydrogen-bond acceptors (Lipinski definition) is 3. The predicted molar refractivity (Wildman–Crippen MR) is 34.9 cm³/mol. The van der Waals surface area contributed by atoms with E-state index in [1.165, 1.54) is 0 Å². The number of nitrogens with two attached hydrogens (primary N) is 2. The van der Waals surface area contributed by atoms with Gasteiger partial charge in [0, 0.05) is 5.25 Å². The zero-order valence-corrected chi connectivity index (χ0v) is 5.53. The van der Waals surface area contributed by atoms with Crippen molar-refractivity contribution in [2.45, 2.75) is 24.6 Å². The van der Waals surface area contributed by atoms with Crippen LogP contribution in [0.15, 0.2) is 0 Å². The highest BCUT2D eigenvalue weighted by atomic mass is 32.2. The molecule has 2 nitrogen and oxygen atoms in total. The molecule has 0 fully saturated rings. The van der Waals surface area contributed by atoms with E-state index in [4.69, 9.17) is 11.5 Å². The van der Waals surface area contributed by atoms with Gasteiger partial charge in [-0.25, -0.2) is 0 Å². The molecule has 0 saturated heterocycles. The third kappa shape index (κ3) is 6.27. The first-order valence-electron chi connectivity index (χ1n) is 2.29. The van der Waals surface area contributed by atoms with Crippen molar-refractivity contribution in [1.29, 1.82) is 0 Å². The Morgan fingerprint density at radius 1 is 1.29 bits per heavy atom. The largest absolute Gasteiger partial charge is 0.307 e. The lowest BCUT2D eigenvalue weighted by Crippen LogP contribution is -2.27. The molecule has 0 radical (unpaired) electrons. The van der Waals surface area contributed by atoms with Gasteiger partial charge in [-0.3, -0.25) is 0 Å². The van der Waals surface area contributed by atoms with E-state index in [0.717, 1.165) is 0 Å². The molecule has 0 atom stereocenters. The summed E-state index contributed by atoms with van der Waals surface area (Å²) >= 11 is 1.56. The molecule has 0 aliphatic rings. The van der Waals surface area contributed by atoms with Gasteiger partial charge < -0.3 is 11.5 Å². The van der Waals surface area contributed by atoms with Crippen molar-refractivity contribution >= 4 is 11.8 Å². The van der Waals surface area contributed by atoms with E-state index in [2.05, 4.69) is 13.8 Å². The Morgan fingerprint density at radius 2 is 1.71 bits per heavy atom. The van der Waals surface area contributed by atoms with E-state index in [1.54, 1.807) is 11.8 Å². The van der Waals surface area contributed by atoms with E-state index in [-0.39, 0.29) is 5.50 Å². The molecule has 4 N–H and O–H groups in total. The Kier molecular flexibility index (Phi) is 3.42. The molecular weight excluding hydrogens is 108 g/mol. The third-order valence-corrected chi connectivity index (χ3v) is 1.29. The summed E-state index contributed by atoms with van der Waals surface area (Å²) in [5, 5.41) is 0.542. The van der Waals surface area contributed by atoms with E-state index >= 15 is 0 Å². The lowest BCUT2D eigenvalue weighted by molar-refractivity contribution is 0.966. The van der Waals surface area contributed by atoms with Gasteiger partial charge in [-0.1, -0.05) is 13.8 Å². The molecule has 44 valence electrons. The summed E-state index contributed by atoms with van der Waals surface area (Å²) in [6.45, 7) is 4.13. The molecule has 0 saturated carbocycles. The molecule has 7 heavy (non-hydrogen) atoms. The van der Waals surface area contributed by atoms with E-state index < -0.39 is 0 Å². The maximum atomic E-state index is 5.23. The SMILES string of the molecule is CC(C)SC(N)N. The summed E-state index contributed by atoms with van der Waals surface area (Å²) < 4.78 is 0. The standard InChI is InChI=1S/C4H12N2S/c1-3(2)7-4(5)6/h3-4H,5-6H2,1-2H3. The maximum absolute atomic E-state index is 5.23. The molecular formula is C4H12N2S. The highest BCUT2D eigenvalue weighted by molar-refractivity contribution is 8.00. The van der Waals surface area contributed by atoms with Crippen LogP contribution in [0, 0.1) is 0 Å². The smallest absolute Gasteiger partial charge is 0.101 e. The van der Waals surface area contributed by atoms with E-state index in [0.29, 0.717) is 5.25 Å². The number of rotatable bonds is 2. The van der Waals surface area contributed by atoms with Gasteiger partial charge in [0.05, 0.1) is 0 Å². The predicted octanol–water partition coefficient (Wildman–Crippen LogP) is 0.329. The fraction of sp³-hybridized carbons (Fsp3) is 1.00. The highest BCUT2D eigenvalue weighted by Crippen LogP contribution is 2.07. The molecule has 0 heterocycles. The Bertz CT molecular complexity index is 39.0. The van der Waals surface area contributed by atoms with Crippen molar-refractivity contribution < 1.29 is 0 Å². The Balaban J connectivity index is 2.95. The zero-order chi connectivity index (χ0) is 5.86. The minimum Gasteiger partial charge on any atom is -0.307 e. The van der Waals surface area contributed by atoms with Crippen LogP contribution in [-0.2, 0) is 0 Å². The van der Waals surface area contributed by atoms with Crippen LogP contribution in [0.1, 0.15) is 13.8 Å². The van der Waals surface area contributed by atoms with Gasteiger partial charge >= 0.3 is 0 Å². The normalized spacial score (nSPS) is 11.1. The Labute approximate surface area is 48.6 Å². The van der Waals surface area contributed by atoms with Crippen molar-refractivity contribution in [2.24, 2.45) is 11.5 Å². The number of hydrogen-bond donors (Lipinski definition) is 2. The van der Waals surface area contributed by atoms with Crippen LogP contribution in [0.2, 0.25) is 0 Å². The molecule has 0 aliphatic carbocycles. The number of thioether (sulfide) groups is 1. The first kappa shape index (κ1) is 7.27. The lowest BCUT2D eigenvalue weighted by Gasteiger charge is -2.05. The first-order chi connectivity index (χ1) is 3.13. The molecule has 0 aromatic rings. The van der Waals surface area contributed by atoms with Gasteiger partial charge in [-0.2, -0.15) is 0 Å². The van der Waals surface area contributed by atoms with Crippen molar-refractivity contribution in [2.75, 3.05) is 0 Å². The second-order valence-corrected chi connectivity index (χ2v) is 3.41. The first-order valence-corrected chi connectivity index (χ1v) is 3.24. The summed E-state index contributed by atoms with van der Waals surface area (Å²) in [7, 11) is 0. The fourth-order valence-electron chi connectivity index (χ4n) is 0.314. The average Bonchev–Trinajstić information content (AvgIpc) is 1.27. The highest BCUT2D eigenvalue weighted by Gasteiger charge is 1.96. The minimum atomic E-state index is -0.208. The molecule has 0 spiro atoms. The van der Waals surface area contributed by atoms with Crippen LogP contribution in [-0.4, -0.2) is 10.7 Å². The molecule has 3 heteroatoms. The van der Waals surface area contributed by atoms with E-state index in [1.807, 2.05) is 0 Å². The Hall–Kier alpha value is 0.270. The van der Waals surface area contributed by atoms with Gasteiger partial charge in [-0.15, -0.1) is 11.8 Å². The van der Waals surface area contributed by atoms with Gasteiger partial charge in [0.25, 0.3) is 0 Å². The summed E-state index contributed by atoms with van der Waals surface area (Å²) in [5.74, 6) is 0. The van der Waals surface area contributed by atoms with Crippen LogP contribution in [0.5, 0.6) is 0 Å². The summed E-state index contributed by atoms with van der Waals surface area (Å²) in [6, 6.07) is 0. The third-order valence-electron chi connectivity index (χ3n) is 0.429. The summed E-state index contributed by atoms with van der Waals surface area (Å²) in [5.41, 5.74) is 10.3. The zero-order valence-electron chi connectivity index (χ0n) is 4.72. The van der Waals surface area contributed by atoms with Gasteiger partial charge in [0.1, 0.15) is 5.50 Å². The quantitative estimate of drug-likeness (QED) is 0.516. The fourth-order valence-corrected chi connectivity index (χ4v) is 0.943. The van der Waals surface area contributed by atoms with Crippen molar-refractivity contribution in [3.63, 3.8) is 0 Å². The van der Waals surface area contributed by atoms with E-state index in [9.17, 15) is 0 Å². The van der Waals surface area contributed by atoms with Crippen LogP contribution < -0.4 is 11.5 Å². The second-order valence-electron chi connectivity index (χ2n) is 1.65. The van der Waals surface area contributed by atoms with Crippen LogP contribution in [0.25, 0.3) is 0 Å². The Morgan fingerprint density at radius 3 is 1.71 bits per heavy atom. The van der Waals surface area contributed by atoms with Crippen molar-refractivity contribution in [1.82, 2.24) is 0 Å². The van der Waals surface area contributed by atoms with Crippen LogP contribution in [0.3, 0.4) is 0 Å². The molecule has 0 amide bonds. The topological polar surface area (TPSA) is 52.0 Å². The van der Waals surface area contributed by atoms with Crippen LogP contribution in [0.4, 0.5) is 0 Å². The minimum absolute atomic E-state index is 0.208. The molecule has 0 aliphatic heterocycles. The molecule has 0 rings (SSSR count). The second kappa shape index (κ2) is 3.29. The monoisotopic (exact) mass is 120 g/mol. The van der Waals surface area contributed by atoms with Crippen molar-refractivity contribution in [3.8, 4) is 0 Å². The molecule has 0 aromatic heterocycles. The van der Waals surface area contributed by atoms with Gasteiger partial charge in [0.2, 0.25) is 0 Å². The average molecular weight is 120 g/mol. The van der Waals surface area contributed by atoms with Crippen LogP contribution >= 0.6 is 11.8 Å².